The molecule has 6 atom stereocenters. The lowest BCUT2D eigenvalue weighted by Gasteiger charge is -2.51. The molecule has 3 aliphatic rings. The Hall–Kier alpha value is -2.68. The summed E-state index contributed by atoms with van der Waals surface area (Å²) in [5.74, 6) is 3.03. The van der Waals surface area contributed by atoms with Crippen molar-refractivity contribution in [2.45, 2.75) is 64.7 Å². The molecule has 3 aliphatic carbocycles. The van der Waals surface area contributed by atoms with Crippen LogP contribution in [0.2, 0.25) is 0 Å². The largest absolute Gasteiger partial charge is 0.423 e. The van der Waals surface area contributed by atoms with E-state index in [0.29, 0.717) is 40.8 Å². The minimum Gasteiger partial charge on any atom is -0.423 e. The number of carbonyl (C=O) groups is 2. The smallest absolute Gasteiger partial charge is 0.343 e. The van der Waals surface area contributed by atoms with Crippen LogP contribution in [0, 0.1) is 29.1 Å². The molecule has 0 amide bonds. The second-order valence-corrected chi connectivity index (χ2v) is 10.9. The van der Waals surface area contributed by atoms with Crippen molar-refractivity contribution in [3.63, 3.8) is 0 Å². The average Bonchev–Trinajstić information content (AvgIpc) is 3.10. The van der Waals surface area contributed by atoms with Crippen LogP contribution in [0.15, 0.2) is 61.2 Å². The number of allylic oxidation sites excluding steroid dienone is 1. The number of Topliss-reactive ketones (excluding diaryl/α,β-unsaturated/α-hetero) is 1. The third-order valence-corrected chi connectivity index (χ3v) is 9.07. The van der Waals surface area contributed by atoms with E-state index in [9.17, 15) is 9.59 Å². The fourth-order valence-corrected chi connectivity index (χ4v) is 7.57. The quantitative estimate of drug-likeness (QED) is 0.263. The third-order valence-electron chi connectivity index (χ3n) is 9.07. The molecule has 0 aliphatic heterocycles. The number of carbonyl (C=O) groups excluding carboxylic acids is 2. The van der Waals surface area contributed by atoms with Crippen LogP contribution in [-0.2, 0) is 11.2 Å². The Morgan fingerprint density at radius 1 is 1.21 bits per heavy atom. The molecule has 0 N–H and O–H groups in total. The molecule has 0 radical (unpaired) electrons. The summed E-state index contributed by atoms with van der Waals surface area (Å²) in [6.07, 6.45) is 9.15. The van der Waals surface area contributed by atoms with Crippen LogP contribution in [0.1, 0.15) is 79.8 Å². The zero-order valence-electron chi connectivity index (χ0n) is 20.5. The van der Waals surface area contributed by atoms with Crippen LogP contribution < -0.4 is 4.74 Å². The van der Waals surface area contributed by atoms with Gasteiger partial charge in [-0.1, -0.05) is 57.0 Å². The normalized spacial score (nSPS) is 31.8. The number of esters is 1. The minimum absolute atomic E-state index is 0.148. The van der Waals surface area contributed by atoms with Crippen LogP contribution in [0.3, 0.4) is 0 Å². The maximum Gasteiger partial charge on any atom is 0.343 e. The van der Waals surface area contributed by atoms with Gasteiger partial charge in [0.1, 0.15) is 11.5 Å². The fraction of sp³-hybridized carbons (Fsp3) is 0.484. The first kappa shape index (κ1) is 23.1. The molecule has 2 aromatic rings. The highest BCUT2D eigenvalue weighted by molar-refractivity contribution is 5.91. The molecule has 178 valence electrons. The van der Waals surface area contributed by atoms with Gasteiger partial charge in [-0.15, -0.1) is 6.58 Å². The summed E-state index contributed by atoms with van der Waals surface area (Å²) < 4.78 is 5.75. The van der Waals surface area contributed by atoms with Crippen molar-refractivity contribution in [3.05, 3.63) is 77.9 Å². The monoisotopic (exact) mass is 456 g/mol. The van der Waals surface area contributed by atoms with Crippen LogP contribution in [0.25, 0.3) is 0 Å². The van der Waals surface area contributed by atoms with E-state index in [1.54, 1.807) is 12.1 Å². The molecule has 2 saturated carbocycles. The summed E-state index contributed by atoms with van der Waals surface area (Å²) in [6, 6.07) is 15.4. The second kappa shape index (κ2) is 9.17. The van der Waals surface area contributed by atoms with E-state index in [0.717, 1.165) is 38.5 Å². The molecule has 0 aromatic heterocycles. The van der Waals surface area contributed by atoms with Crippen molar-refractivity contribution in [1.82, 2.24) is 0 Å². The van der Waals surface area contributed by atoms with Gasteiger partial charge in [0.25, 0.3) is 0 Å². The minimum atomic E-state index is -0.314. The lowest BCUT2D eigenvalue weighted by atomic mass is 9.52. The molecule has 3 heteroatoms. The molecule has 3 nitrogen and oxygen atoms in total. The maximum absolute atomic E-state index is 13.4. The maximum atomic E-state index is 13.4. The first-order valence-corrected chi connectivity index (χ1v) is 13.0. The zero-order valence-corrected chi connectivity index (χ0v) is 20.5. The van der Waals surface area contributed by atoms with E-state index in [-0.39, 0.29) is 17.3 Å². The van der Waals surface area contributed by atoms with Crippen molar-refractivity contribution in [1.29, 1.82) is 0 Å². The first-order valence-electron chi connectivity index (χ1n) is 13.0. The number of hydrogen-bond acceptors (Lipinski definition) is 3. The summed E-state index contributed by atoms with van der Waals surface area (Å²) in [5, 5.41) is 0. The predicted octanol–water partition coefficient (Wildman–Crippen LogP) is 7.16. The standard InChI is InChI=1S/C31H36O3/c1-4-9-21-17-23-18-24(34-30(33)20-11-7-6-8-12-20)13-14-25(23)26-15-16-31(3)27(28(21)26)19-22(10-5-2)29(31)32/h5-8,11-14,18,21-22,26-28H,2,4,9-10,15-17,19H2,1,3H3/t21-,22-,26?,27?,28?,31+/m1/s1. The highest BCUT2D eigenvalue weighted by Crippen LogP contribution is 2.63. The molecular weight excluding hydrogens is 420 g/mol. The second-order valence-electron chi connectivity index (χ2n) is 10.9. The van der Waals surface area contributed by atoms with Crippen molar-refractivity contribution in [3.8, 4) is 5.75 Å². The Morgan fingerprint density at radius 3 is 2.74 bits per heavy atom. The first-order chi connectivity index (χ1) is 16.5. The van der Waals surface area contributed by atoms with Gasteiger partial charge in [-0.2, -0.15) is 0 Å². The molecule has 34 heavy (non-hydrogen) atoms. The number of rotatable bonds is 6. The summed E-state index contributed by atoms with van der Waals surface area (Å²) >= 11 is 0. The predicted molar refractivity (Wildman–Crippen MR) is 135 cm³/mol. The van der Waals surface area contributed by atoms with Crippen LogP contribution in [-0.4, -0.2) is 11.8 Å². The number of benzene rings is 2. The van der Waals surface area contributed by atoms with E-state index in [4.69, 9.17) is 4.74 Å². The molecule has 5 rings (SSSR count). The molecule has 2 aromatic carbocycles. The van der Waals surface area contributed by atoms with Gasteiger partial charge in [0.15, 0.2) is 0 Å². The Morgan fingerprint density at radius 2 is 2.00 bits per heavy atom. The molecule has 0 heterocycles. The van der Waals surface area contributed by atoms with Crippen molar-refractivity contribution >= 4 is 11.8 Å². The fourth-order valence-electron chi connectivity index (χ4n) is 7.57. The Kier molecular flexibility index (Phi) is 6.22. The van der Waals surface area contributed by atoms with Gasteiger partial charge in [0.2, 0.25) is 0 Å². The van der Waals surface area contributed by atoms with Gasteiger partial charge < -0.3 is 4.74 Å². The highest BCUT2D eigenvalue weighted by atomic mass is 16.5. The van der Waals surface area contributed by atoms with Crippen LogP contribution in [0.4, 0.5) is 0 Å². The van der Waals surface area contributed by atoms with E-state index in [1.807, 2.05) is 30.3 Å². The Labute approximate surface area is 203 Å². The highest BCUT2D eigenvalue weighted by Gasteiger charge is 2.59. The van der Waals surface area contributed by atoms with Crippen molar-refractivity contribution < 1.29 is 14.3 Å². The molecule has 0 spiro atoms. The van der Waals surface area contributed by atoms with E-state index in [1.165, 1.54) is 17.5 Å². The zero-order chi connectivity index (χ0) is 23.9. The van der Waals surface area contributed by atoms with Gasteiger partial charge in [0.05, 0.1) is 5.56 Å². The summed E-state index contributed by atoms with van der Waals surface area (Å²) in [6.45, 7) is 8.44. The molecule has 0 bridgehead atoms. The van der Waals surface area contributed by atoms with Crippen LogP contribution in [0.5, 0.6) is 5.75 Å². The number of ketones is 1. The molecule has 2 fully saturated rings. The van der Waals surface area contributed by atoms with Crippen molar-refractivity contribution in [2.75, 3.05) is 0 Å². The van der Waals surface area contributed by atoms with Gasteiger partial charge in [-0.3, -0.25) is 4.79 Å². The molecule has 3 unspecified atom stereocenters. The summed E-state index contributed by atoms with van der Waals surface area (Å²) in [4.78, 5) is 26.0. The van der Waals surface area contributed by atoms with Gasteiger partial charge in [-0.25, -0.2) is 4.79 Å². The SMILES string of the molecule is C=CC[C@@H]1CC2C3C(CC[C@]2(C)C1=O)c1ccc(OC(=O)c2ccccc2)cc1C[C@H]3CCC. The lowest BCUT2D eigenvalue weighted by molar-refractivity contribution is -0.132. The summed E-state index contributed by atoms with van der Waals surface area (Å²) in [7, 11) is 0. The number of fused-ring (bicyclic) bond motifs is 5. The molecular formula is C31H36O3. The number of hydrogen-bond donors (Lipinski definition) is 0. The topological polar surface area (TPSA) is 43.4 Å². The van der Waals surface area contributed by atoms with Gasteiger partial charge in [0, 0.05) is 11.3 Å². The van der Waals surface area contributed by atoms with Gasteiger partial charge in [-0.05, 0) is 91.2 Å². The average molecular weight is 457 g/mol. The Bertz CT molecular complexity index is 1090. The van der Waals surface area contributed by atoms with Crippen LogP contribution >= 0.6 is 0 Å². The molecule has 0 saturated heterocycles. The Balaban J connectivity index is 1.44. The third kappa shape index (κ3) is 3.83. The number of ether oxygens (including phenoxy) is 1. The summed E-state index contributed by atoms with van der Waals surface area (Å²) in [5.41, 5.74) is 3.13. The lowest BCUT2D eigenvalue weighted by Crippen LogP contribution is -2.46. The van der Waals surface area contributed by atoms with Crippen molar-refractivity contribution in [2.24, 2.45) is 29.1 Å². The van der Waals surface area contributed by atoms with E-state index in [2.05, 4.69) is 32.6 Å². The van der Waals surface area contributed by atoms with E-state index >= 15 is 0 Å². The van der Waals surface area contributed by atoms with E-state index < -0.39 is 0 Å². The van der Waals surface area contributed by atoms with Gasteiger partial charge >= 0.3 is 5.97 Å².